The number of nitrogens with two attached hydrogens (primary N) is 2. The van der Waals surface area contributed by atoms with Crippen LogP contribution >= 0.6 is 0 Å². The zero-order chi connectivity index (χ0) is 18.7. The number of carboxylic acid groups (broad SMARTS) is 1. The van der Waals surface area contributed by atoms with E-state index in [4.69, 9.17) is 21.7 Å². The van der Waals surface area contributed by atoms with Crippen LogP contribution in [0.1, 0.15) is 12.8 Å². The topological polar surface area (TPSA) is 214 Å². The molecule has 136 valence electrons. The molecule has 0 aliphatic carbocycles. The molecule has 4 amide bonds. The first-order valence-electron chi connectivity index (χ1n) is 6.89. The lowest BCUT2D eigenvalue weighted by molar-refractivity contribution is -0.143. The van der Waals surface area contributed by atoms with E-state index in [1.165, 1.54) is 0 Å². The largest absolute Gasteiger partial charge is 0.480 e. The van der Waals surface area contributed by atoms with Crippen LogP contribution in [0.3, 0.4) is 0 Å². The summed E-state index contributed by atoms with van der Waals surface area (Å²) in [7, 11) is 0. The highest BCUT2D eigenvalue weighted by molar-refractivity contribution is 5.92. The van der Waals surface area contributed by atoms with Crippen LogP contribution < -0.4 is 27.4 Å². The molecule has 0 aromatic carbocycles. The fourth-order valence-electron chi connectivity index (χ4n) is 1.51. The monoisotopic (exact) mass is 347 g/mol. The zero-order valence-corrected chi connectivity index (χ0v) is 12.8. The Labute approximate surface area is 136 Å². The second-order valence-electron chi connectivity index (χ2n) is 4.69. The summed E-state index contributed by atoms with van der Waals surface area (Å²) >= 11 is 0. The first-order chi connectivity index (χ1) is 11.2. The molecule has 0 aromatic heterocycles. The first-order valence-corrected chi connectivity index (χ1v) is 6.89. The molecule has 0 saturated heterocycles. The number of primary amides is 1. The Balaban J connectivity index is 4.79. The third-order valence-electron chi connectivity index (χ3n) is 2.76. The van der Waals surface area contributed by atoms with Gasteiger partial charge in [0.15, 0.2) is 0 Å². The highest BCUT2D eigenvalue weighted by Gasteiger charge is 2.26. The van der Waals surface area contributed by atoms with Crippen molar-refractivity contribution in [2.75, 3.05) is 19.7 Å². The van der Waals surface area contributed by atoms with E-state index in [2.05, 4.69) is 10.6 Å². The van der Waals surface area contributed by atoms with Crippen molar-refractivity contribution in [2.45, 2.75) is 24.9 Å². The molecule has 9 N–H and O–H groups in total. The van der Waals surface area contributed by atoms with E-state index in [9.17, 15) is 24.0 Å². The van der Waals surface area contributed by atoms with Gasteiger partial charge in [0.2, 0.25) is 23.6 Å². The van der Waals surface area contributed by atoms with Gasteiger partial charge in [-0.3, -0.25) is 19.2 Å². The lowest BCUT2D eigenvalue weighted by atomic mass is 10.1. The van der Waals surface area contributed by atoms with Gasteiger partial charge in [-0.25, -0.2) is 4.79 Å². The highest BCUT2D eigenvalue weighted by Crippen LogP contribution is 1.99. The van der Waals surface area contributed by atoms with Gasteiger partial charge in [0.1, 0.15) is 12.1 Å². The summed E-state index contributed by atoms with van der Waals surface area (Å²) < 4.78 is 0. The van der Waals surface area contributed by atoms with Crippen molar-refractivity contribution in [1.82, 2.24) is 16.0 Å². The molecule has 12 heteroatoms. The Bertz CT molecular complexity index is 496. The van der Waals surface area contributed by atoms with Crippen LogP contribution in [0.15, 0.2) is 0 Å². The minimum atomic E-state index is -1.57. The number of amides is 4. The van der Waals surface area contributed by atoms with Crippen molar-refractivity contribution in [2.24, 2.45) is 11.5 Å². The molecule has 0 aliphatic heterocycles. The van der Waals surface area contributed by atoms with Gasteiger partial charge in [0, 0.05) is 6.42 Å². The van der Waals surface area contributed by atoms with Crippen LogP contribution in [-0.2, 0) is 24.0 Å². The van der Waals surface area contributed by atoms with Crippen LogP contribution in [0.4, 0.5) is 0 Å². The standard InChI is InChI=1S/C12H21N5O7/c13-3-9(20)15-4-10(21)16-6(1-2-8(14)19)11(22)17-7(5-18)12(23)24/h6-7,18H,1-5,13H2,(H2,14,19)(H,15,20)(H,16,21)(H,17,22)(H,23,24). The van der Waals surface area contributed by atoms with E-state index >= 15 is 0 Å². The van der Waals surface area contributed by atoms with E-state index in [0.717, 1.165) is 0 Å². The van der Waals surface area contributed by atoms with Crippen molar-refractivity contribution < 1.29 is 34.2 Å². The summed E-state index contributed by atoms with van der Waals surface area (Å²) in [6, 6.07) is -2.84. The predicted octanol–water partition coefficient (Wildman–Crippen LogP) is -4.63. The fraction of sp³-hybridized carbons (Fsp3) is 0.583. The van der Waals surface area contributed by atoms with Crippen molar-refractivity contribution in [3.05, 3.63) is 0 Å². The maximum atomic E-state index is 12.0. The molecule has 0 fully saturated rings. The number of carbonyl (C=O) groups excluding carboxylic acids is 4. The van der Waals surface area contributed by atoms with Gasteiger partial charge >= 0.3 is 5.97 Å². The molecule has 2 atom stereocenters. The molecule has 0 bridgehead atoms. The van der Waals surface area contributed by atoms with Gasteiger partial charge in [0.05, 0.1) is 19.7 Å². The number of rotatable bonds is 11. The van der Waals surface area contributed by atoms with Gasteiger partial charge in [0.25, 0.3) is 0 Å². The molecule has 2 unspecified atom stereocenters. The molecule has 0 saturated carbocycles. The summed E-state index contributed by atoms with van der Waals surface area (Å²) in [5, 5.41) is 24.1. The van der Waals surface area contributed by atoms with Crippen molar-refractivity contribution >= 4 is 29.6 Å². The number of hydrogen-bond donors (Lipinski definition) is 7. The van der Waals surface area contributed by atoms with Gasteiger partial charge < -0.3 is 37.6 Å². The van der Waals surface area contributed by atoms with Crippen LogP contribution in [0.2, 0.25) is 0 Å². The number of carboxylic acids is 1. The third kappa shape index (κ3) is 8.65. The van der Waals surface area contributed by atoms with Crippen LogP contribution in [0.5, 0.6) is 0 Å². The summed E-state index contributed by atoms with van der Waals surface area (Å²) in [6.45, 7) is -1.64. The molecule has 24 heavy (non-hydrogen) atoms. The van der Waals surface area contributed by atoms with Gasteiger partial charge in [-0.05, 0) is 6.42 Å². The number of aliphatic hydroxyl groups is 1. The van der Waals surface area contributed by atoms with E-state index in [-0.39, 0.29) is 19.4 Å². The molecule has 0 rings (SSSR count). The smallest absolute Gasteiger partial charge is 0.328 e. The number of aliphatic hydroxyl groups excluding tert-OH is 1. The number of nitrogens with one attached hydrogen (secondary N) is 3. The molecule has 0 radical (unpaired) electrons. The van der Waals surface area contributed by atoms with E-state index in [1.54, 1.807) is 0 Å². The van der Waals surface area contributed by atoms with Crippen LogP contribution in [-0.4, -0.2) is 71.6 Å². The molecule has 0 heterocycles. The Morgan fingerprint density at radius 1 is 1.00 bits per heavy atom. The fourth-order valence-corrected chi connectivity index (χ4v) is 1.51. The van der Waals surface area contributed by atoms with E-state index in [1.807, 2.05) is 5.32 Å². The lowest BCUT2D eigenvalue weighted by Crippen LogP contribution is -2.54. The maximum Gasteiger partial charge on any atom is 0.328 e. The number of carbonyl (C=O) groups is 5. The quantitative estimate of drug-likeness (QED) is 0.192. The Kier molecular flexibility index (Phi) is 9.67. The molecule has 0 aliphatic rings. The van der Waals surface area contributed by atoms with Gasteiger partial charge in [-0.1, -0.05) is 0 Å². The minimum Gasteiger partial charge on any atom is -0.480 e. The number of aliphatic carboxylic acids is 1. The second-order valence-corrected chi connectivity index (χ2v) is 4.69. The van der Waals surface area contributed by atoms with Gasteiger partial charge in [-0.15, -0.1) is 0 Å². The second kappa shape index (κ2) is 10.9. The summed E-state index contributed by atoms with van der Waals surface area (Å²) in [4.78, 5) is 56.3. The average Bonchev–Trinajstić information content (AvgIpc) is 2.53. The Morgan fingerprint density at radius 3 is 2.08 bits per heavy atom. The number of hydrogen-bond acceptors (Lipinski definition) is 7. The first kappa shape index (κ1) is 21.3. The maximum absolute atomic E-state index is 12.0. The molecule has 0 spiro atoms. The Morgan fingerprint density at radius 2 is 1.62 bits per heavy atom. The van der Waals surface area contributed by atoms with Crippen molar-refractivity contribution in [3.8, 4) is 0 Å². The summed E-state index contributed by atoms with van der Waals surface area (Å²) in [6.07, 6.45) is -0.431. The molecule has 0 aromatic rings. The predicted molar refractivity (Wildman–Crippen MR) is 79.1 cm³/mol. The van der Waals surface area contributed by atoms with Crippen LogP contribution in [0.25, 0.3) is 0 Å². The van der Waals surface area contributed by atoms with Crippen molar-refractivity contribution in [3.63, 3.8) is 0 Å². The average molecular weight is 347 g/mol. The van der Waals surface area contributed by atoms with E-state index < -0.39 is 54.8 Å². The molecular formula is C12H21N5O7. The van der Waals surface area contributed by atoms with Gasteiger partial charge in [-0.2, -0.15) is 0 Å². The van der Waals surface area contributed by atoms with Crippen LogP contribution in [0, 0.1) is 0 Å². The van der Waals surface area contributed by atoms with E-state index in [0.29, 0.717) is 0 Å². The zero-order valence-electron chi connectivity index (χ0n) is 12.8. The highest BCUT2D eigenvalue weighted by atomic mass is 16.4. The normalized spacial score (nSPS) is 12.6. The minimum absolute atomic E-state index is 0.185. The summed E-state index contributed by atoms with van der Waals surface area (Å²) in [5.74, 6) is -4.46. The molecule has 12 nitrogen and oxygen atoms in total. The summed E-state index contributed by atoms with van der Waals surface area (Å²) in [5.41, 5.74) is 10.0. The Hall–Kier alpha value is -2.73. The molecular weight excluding hydrogens is 326 g/mol. The third-order valence-corrected chi connectivity index (χ3v) is 2.76. The SMILES string of the molecule is NCC(=O)NCC(=O)NC(CCC(N)=O)C(=O)NC(CO)C(=O)O. The lowest BCUT2D eigenvalue weighted by Gasteiger charge is -2.20. The van der Waals surface area contributed by atoms with Crippen molar-refractivity contribution in [1.29, 1.82) is 0 Å².